The van der Waals surface area contributed by atoms with Gasteiger partial charge in [0.2, 0.25) is 0 Å². The summed E-state index contributed by atoms with van der Waals surface area (Å²) in [7, 11) is 0. The molecule has 0 aromatic rings. The van der Waals surface area contributed by atoms with Crippen molar-refractivity contribution in [3.05, 3.63) is 12.2 Å². The van der Waals surface area contributed by atoms with Crippen molar-refractivity contribution in [2.75, 3.05) is 13.2 Å². The maximum absolute atomic E-state index is 11.5. The van der Waals surface area contributed by atoms with Crippen molar-refractivity contribution >= 4 is 5.97 Å². The lowest BCUT2D eigenvalue weighted by molar-refractivity contribution is -0.163. The summed E-state index contributed by atoms with van der Waals surface area (Å²) in [6.45, 7) is 12.3. The van der Waals surface area contributed by atoms with Crippen LogP contribution in [0.25, 0.3) is 0 Å². The summed E-state index contributed by atoms with van der Waals surface area (Å²) in [5.41, 5.74) is 0.851. The molecule has 7 atom stereocenters. The average Bonchev–Trinajstić information content (AvgIpc) is 2.79. The summed E-state index contributed by atoms with van der Waals surface area (Å²) in [4.78, 5) is 11.5. The monoisotopic (exact) mass is 374 g/mol. The zero-order valence-corrected chi connectivity index (χ0v) is 18.0. The third kappa shape index (κ3) is 2.82. The molecule has 0 aliphatic heterocycles. The average molecular weight is 375 g/mol. The fourth-order valence-electron chi connectivity index (χ4n) is 8.21. The van der Waals surface area contributed by atoms with E-state index in [-0.39, 0.29) is 17.0 Å². The van der Waals surface area contributed by atoms with Gasteiger partial charge in [-0.3, -0.25) is 4.79 Å². The Labute approximate surface area is 165 Å². The van der Waals surface area contributed by atoms with Gasteiger partial charge in [0.15, 0.2) is 0 Å². The molecule has 4 aliphatic rings. The smallest absolute Gasteiger partial charge is 0.302 e. The van der Waals surface area contributed by atoms with Crippen LogP contribution >= 0.6 is 0 Å². The summed E-state index contributed by atoms with van der Waals surface area (Å²) in [5, 5.41) is 0. The predicted molar refractivity (Wildman–Crippen MR) is 107 cm³/mol. The normalized spacial score (nSPS) is 50.8. The largest absolute Gasteiger partial charge is 0.465 e. The van der Waals surface area contributed by atoms with Gasteiger partial charge in [0, 0.05) is 24.9 Å². The Bertz CT molecular complexity index is 642. The minimum Gasteiger partial charge on any atom is -0.465 e. The zero-order valence-electron chi connectivity index (χ0n) is 18.0. The number of allylic oxidation sites excluding steroid dienone is 1. The first-order chi connectivity index (χ1) is 12.7. The second kappa shape index (κ2) is 6.34. The summed E-state index contributed by atoms with van der Waals surface area (Å²) < 4.78 is 11.9. The molecule has 152 valence electrons. The van der Waals surface area contributed by atoms with Crippen LogP contribution in [0, 0.1) is 34.0 Å². The van der Waals surface area contributed by atoms with Crippen LogP contribution in [0.4, 0.5) is 0 Å². The topological polar surface area (TPSA) is 35.5 Å². The van der Waals surface area contributed by atoms with Gasteiger partial charge in [-0.25, -0.2) is 0 Å². The summed E-state index contributed by atoms with van der Waals surface area (Å²) >= 11 is 0. The Balaban J connectivity index is 1.65. The van der Waals surface area contributed by atoms with Crippen LogP contribution in [0.5, 0.6) is 0 Å². The van der Waals surface area contributed by atoms with Gasteiger partial charge < -0.3 is 9.47 Å². The van der Waals surface area contributed by atoms with Gasteiger partial charge in [0.25, 0.3) is 0 Å². The van der Waals surface area contributed by atoms with Crippen molar-refractivity contribution in [2.24, 2.45) is 34.0 Å². The lowest BCUT2D eigenvalue weighted by Crippen LogP contribution is -2.56. The van der Waals surface area contributed by atoms with Gasteiger partial charge in [-0.2, -0.15) is 0 Å². The highest BCUT2D eigenvalue weighted by atomic mass is 16.5. The molecule has 0 saturated heterocycles. The Kier molecular flexibility index (Phi) is 4.57. The van der Waals surface area contributed by atoms with E-state index < -0.39 is 0 Å². The van der Waals surface area contributed by atoms with E-state index in [1.54, 1.807) is 6.92 Å². The number of ether oxygens (including phenoxy) is 2. The molecule has 0 amide bonds. The van der Waals surface area contributed by atoms with Crippen molar-refractivity contribution in [2.45, 2.75) is 85.2 Å². The molecule has 3 nitrogen and oxygen atoms in total. The van der Waals surface area contributed by atoms with E-state index in [0.29, 0.717) is 35.2 Å². The molecular formula is C24H38O3. The SMILES string of the molecule is CCOC1(C)CC23CCC4C(C)(COC(C)=O)CCCC4(C)C2C=CC1C3. The van der Waals surface area contributed by atoms with Crippen molar-refractivity contribution in [3.63, 3.8) is 0 Å². The van der Waals surface area contributed by atoms with E-state index in [2.05, 4.69) is 39.8 Å². The van der Waals surface area contributed by atoms with Gasteiger partial charge in [0.05, 0.1) is 12.2 Å². The van der Waals surface area contributed by atoms with Crippen LogP contribution in [0.2, 0.25) is 0 Å². The Morgan fingerprint density at radius 2 is 1.93 bits per heavy atom. The molecule has 0 heterocycles. The zero-order chi connectivity index (χ0) is 19.5. The van der Waals surface area contributed by atoms with Gasteiger partial charge in [0.1, 0.15) is 0 Å². The number of carbonyl (C=O) groups is 1. The summed E-state index contributed by atoms with van der Waals surface area (Å²) in [6, 6.07) is 0. The number of rotatable bonds is 4. The number of esters is 1. The van der Waals surface area contributed by atoms with Crippen molar-refractivity contribution < 1.29 is 14.3 Å². The Hall–Kier alpha value is -0.830. The molecule has 0 aromatic carbocycles. The Morgan fingerprint density at radius 1 is 1.15 bits per heavy atom. The van der Waals surface area contributed by atoms with Gasteiger partial charge in [-0.1, -0.05) is 32.4 Å². The first kappa shape index (κ1) is 19.5. The minimum absolute atomic E-state index is 0.0128. The molecule has 0 radical (unpaired) electrons. The highest BCUT2D eigenvalue weighted by molar-refractivity contribution is 5.65. The van der Waals surface area contributed by atoms with Crippen molar-refractivity contribution in [3.8, 4) is 0 Å². The van der Waals surface area contributed by atoms with Crippen LogP contribution in [-0.2, 0) is 14.3 Å². The number of fused-ring (bicyclic) bond motifs is 3. The quantitative estimate of drug-likeness (QED) is 0.479. The molecule has 7 unspecified atom stereocenters. The van der Waals surface area contributed by atoms with Gasteiger partial charge in [-0.15, -0.1) is 0 Å². The van der Waals surface area contributed by atoms with Crippen molar-refractivity contribution in [1.82, 2.24) is 0 Å². The standard InChI is InChI=1S/C24H38O3/c1-6-27-23(5)15-24-13-10-19-21(3,16-26-17(2)25)11-7-12-22(19,4)20(24)9-8-18(23)14-24/h8-9,18-20H,6-7,10-16H2,1-5H3. The summed E-state index contributed by atoms with van der Waals surface area (Å²) in [5.74, 6) is 1.71. The lowest BCUT2D eigenvalue weighted by atomic mass is 9.42. The summed E-state index contributed by atoms with van der Waals surface area (Å²) in [6.07, 6.45) is 13.9. The molecule has 0 N–H and O–H groups in total. The fourth-order valence-corrected chi connectivity index (χ4v) is 8.21. The molecule has 2 bridgehead atoms. The molecule has 3 saturated carbocycles. The minimum atomic E-state index is -0.139. The highest BCUT2D eigenvalue weighted by Gasteiger charge is 2.65. The Morgan fingerprint density at radius 3 is 2.63 bits per heavy atom. The van der Waals surface area contributed by atoms with Crippen LogP contribution in [0.1, 0.15) is 79.6 Å². The van der Waals surface area contributed by atoms with Crippen molar-refractivity contribution in [1.29, 1.82) is 0 Å². The second-order valence-electron chi connectivity index (χ2n) is 10.8. The molecule has 4 aliphatic carbocycles. The molecule has 3 heteroatoms. The first-order valence-corrected chi connectivity index (χ1v) is 11.1. The van der Waals surface area contributed by atoms with Gasteiger partial charge >= 0.3 is 5.97 Å². The molecule has 0 aromatic heterocycles. The van der Waals surface area contributed by atoms with E-state index >= 15 is 0 Å². The van der Waals surface area contributed by atoms with E-state index in [0.717, 1.165) is 6.61 Å². The number of hydrogen-bond acceptors (Lipinski definition) is 3. The third-order valence-electron chi connectivity index (χ3n) is 9.13. The van der Waals surface area contributed by atoms with E-state index in [4.69, 9.17) is 9.47 Å². The van der Waals surface area contributed by atoms with E-state index in [9.17, 15) is 4.79 Å². The van der Waals surface area contributed by atoms with E-state index in [1.807, 2.05) is 0 Å². The predicted octanol–water partition coefficient (Wildman–Crippen LogP) is 5.53. The maximum atomic E-state index is 11.5. The van der Waals surface area contributed by atoms with E-state index in [1.165, 1.54) is 44.9 Å². The molecule has 1 spiro atoms. The fraction of sp³-hybridized carbons (Fsp3) is 0.875. The first-order valence-electron chi connectivity index (χ1n) is 11.1. The molecule has 27 heavy (non-hydrogen) atoms. The molecule has 4 rings (SSSR count). The second-order valence-corrected chi connectivity index (χ2v) is 10.8. The molecular weight excluding hydrogens is 336 g/mol. The van der Waals surface area contributed by atoms with Crippen LogP contribution in [0.3, 0.4) is 0 Å². The van der Waals surface area contributed by atoms with Crippen LogP contribution in [-0.4, -0.2) is 24.8 Å². The number of hydrogen-bond donors (Lipinski definition) is 0. The van der Waals surface area contributed by atoms with Crippen LogP contribution in [0.15, 0.2) is 12.2 Å². The maximum Gasteiger partial charge on any atom is 0.302 e. The number of carbonyl (C=O) groups excluding carboxylic acids is 1. The third-order valence-corrected chi connectivity index (χ3v) is 9.13. The highest BCUT2D eigenvalue weighted by Crippen LogP contribution is 2.71. The van der Waals surface area contributed by atoms with Gasteiger partial charge in [-0.05, 0) is 75.0 Å². The molecule has 3 fully saturated rings. The lowest BCUT2D eigenvalue weighted by Gasteiger charge is -2.63. The van der Waals surface area contributed by atoms with Crippen LogP contribution < -0.4 is 0 Å².